The minimum atomic E-state index is -0.0671. The van der Waals surface area contributed by atoms with E-state index in [1.54, 1.807) is 0 Å². The molecule has 3 aliphatic carbocycles. The second-order valence-corrected chi connectivity index (χ2v) is 19.0. The highest BCUT2D eigenvalue weighted by atomic mass is 15.0. The highest BCUT2D eigenvalue weighted by Crippen LogP contribution is 2.64. The van der Waals surface area contributed by atoms with Gasteiger partial charge in [0.1, 0.15) is 0 Å². The predicted octanol–water partition coefficient (Wildman–Crippen LogP) is 14.5. The van der Waals surface area contributed by atoms with Crippen molar-refractivity contribution < 1.29 is 0 Å². The largest absolute Gasteiger partial charge is 0.309 e. The molecule has 274 valence electrons. The Morgan fingerprint density at radius 1 is 0.411 bits per heavy atom. The van der Waals surface area contributed by atoms with Gasteiger partial charge in [0.15, 0.2) is 0 Å². The van der Waals surface area contributed by atoms with Gasteiger partial charge in [-0.15, -0.1) is 0 Å². The van der Waals surface area contributed by atoms with E-state index >= 15 is 0 Å². The van der Waals surface area contributed by atoms with Crippen LogP contribution in [0.15, 0.2) is 146 Å². The SMILES string of the molecule is CC1(C)c2ccccc2-c2cc3c4cc(-c5ccc6c(c5)-c5cc7c(cc5C6c5ccccc5)C(C)(C)C(C)(C)C7(C)C)ccc4n(-c4ccccc4)c3cc21. The summed E-state index contributed by atoms with van der Waals surface area (Å²) in [6.45, 7) is 19.5. The second kappa shape index (κ2) is 11.0. The van der Waals surface area contributed by atoms with Gasteiger partial charge in [0, 0.05) is 27.8 Å². The maximum absolute atomic E-state index is 2.60. The molecule has 0 fully saturated rings. The maximum atomic E-state index is 2.60. The van der Waals surface area contributed by atoms with Crippen LogP contribution in [0.3, 0.4) is 0 Å². The van der Waals surface area contributed by atoms with E-state index < -0.39 is 0 Å². The van der Waals surface area contributed by atoms with Crippen molar-refractivity contribution in [1.29, 1.82) is 0 Å². The Hall–Kier alpha value is -5.66. The van der Waals surface area contributed by atoms with Crippen molar-refractivity contribution in [3.8, 4) is 39.1 Å². The van der Waals surface area contributed by atoms with Gasteiger partial charge in [-0.2, -0.15) is 0 Å². The summed E-state index contributed by atoms with van der Waals surface area (Å²) in [7, 11) is 0. The van der Waals surface area contributed by atoms with Crippen molar-refractivity contribution in [2.45, 2.75) is 77.6 Å². The van der Waals surface area contributed by atoms with Crippen molar-refractivity contribution in [1.82, 2.24) is 4.57 Å². The van der Waals surface area contributed by atoms with Gasteiger partial charge in [-0.25, -0.2) is 0 Å². The summed E-state index contributed by atoms with van der Waals surface area (Å²) >= 11 is 0. The van der Waals surface area contributed by atoms with E-state index in [-0.39, 0.29) is 27.6 Å². The lowest BCUT2D eigenvalue weighted by Crippen LogP contribution is -2.42. The van der Waals surface area contributed by atoms with Crippen molar-refractivity contribution >= 4 is 21.8 Å². The summed E-state index contributed by atoms with van der Waals surface area (Å²) in [6.07, 6.45) is 0. The van der Waals surface area contributed by atoms with E-state index in [2.05, 4.69) is 206 Å². The third kappa shape index (κ3) is 4.16. The molecule has 56 heavy (non-hydrogen) atoms. The summed E-state index contributed by atoms with van der Waals surface area (Å²) in [5, 5.41) is 2.59. The molecule has 0 N–H and O–H groups in total. The molecule has 8 aromatic rings. The van der Waals surface area contributed by atoms with Crippen molar-refractivity contribution in [2.75, 3.05) is 0 Å². The molecule has 0 radical (unpaired) electrons. The zero-order valence-electron chi connectivity index (χ0n) is 33.9. The summed E-state index contributed by atoms with van der Waals surface area (Å²) < 4.78 is 2.47. The average Bonchev–Trinajstić information content (AvgIpc) is 3.81. The van der Waals surface area contributed by atoms with Gasteiger partial charge in [-0.3, -0.25) is 0 Å². The Bertz CT molecular complexity index is 2950. The van der Waals surface area contributed by atoms with Gasteiger partial charge >= 0.3 is 0 Å². The molecule has 0 saturated carbocycles. The topological polar surface area (TPSA) is 4.93 Å². The first-order valence-corrected chi connectivity index (χ1v) is 20.5. The average molecular weight is 724 g/mol. The third-order valence-corrected chi connectivity index (χ3v) is 15.6. The first kappa shape index (κ1) is 33.7. The van der Waals surface area contributed by atoms with E-state index in [1.807, 2.05) is 0 Å². The van der Waals surface area contributed by atoms with Gasteiger partial charge in [0.2, 0.25) is 0 Å². The van der Waals surface area contributed by atoms with Crippen LogP contribution in [0.2, 0.25) is 0 Å². The minimum Gasteiger partial charge on any atom is -0.309 e. The molecule has 1 heteroatoms. The van der Waals surface area contributed by atoms with E-state index in [1.165, 1.54) is 99.8 Å². The van der Waals surface area contributed by atoms with Crippen LogP contribution in [0.5, 0.6) is 0 Å². The summed E-state index contributed by atoms with van der Waals surface area (Å²) in [6, 6.07) is 55.6. The standard InChI is InChI=1S/C55H49N/c1-52(2)45-22-16-15-21-37(45)41-29-43-42-28-35(24-26-49(42)56(50(43)32-46(41)52)36-19-13-10-14-20-36)34-23-25-38-39(27-34)40-30-47-48(54(5,6)55(7,8)53(47,3)4)31-44(40)51(38)33-17-11-9-12-18-33/h9-32,51H,1-8H3. The molecule has 1 unspecified atom stereocenters. The monoisotopic (exact) mass is 723 g/mol. The van der Waals surface area contributed by atoms with Gasteiger partial charge < -0.3 is 4.57 Å². The molecule has 0 aliphatic heterocycles. The third-order valence-electron chi connectivity index (χ3n) is 15.6. The van der Waals surface area contributed by atoms with Crippen LogP contribution >= 0.6 is 0 Å². The fourth-order valence-corrected chi connectivity index (χ4v) is 11.2. The second-order valence-electron chi connectivity index (χ2n) is 19.0. The van der Waals surface area contributed by atoms with Gasteiger partial charge in [0.25, 0.3) is 0 Å². The number of hydrogen-bond donors (Lipinski definition) is 0. The van der Waals surface area contributed by atoms with Crippen molar-refractivity contribution in [3.05, 3.63) is 185 Å². The number of nitrogens with zero attached hydrogens (tertiary/aromatic N) is 1. The molecule has 1 nitrogen and oxygen atoms in total. The fourth-order valence-electron chi connectivity index (χ4n) is 11.2. The van der Waals surface area contributed by atoms with Crippen molar-refractivity contribution in [2.24, 2.45) is 5.41 Å². The van der Waals surface area contributed by atoms with E-state index in [9.17, 15) is 0 Å². The number of hydrogen-bond acceptors (Lipinski definition) is 0. The normalized spacial score (nSPS) is 18.8. The molecule has 1 heterocycles. The first-order chi connectivity index (χ1) is 26.8. The number of aromatic nitrogens is 1. The Kier molecular flexibility index (Phi) is 6.62. The van der Waals surface area contributed by atoms with Crippen LogP contribution in [0.4, 0.5) is 0 Å². The highest BCUT2D eigenvalue weighted by Gasteiger charge is 2.57. The molecule has 0 saturated heterocycles. The molecule has 7 aromatic carbocycles. The van der Waals surface area contributed by atoms with Crippen LogP contribution < -0.4 is 0 Å². The Labute approximate surface area is 331 Å². The molecule has 0 bridgehead atoms. The maximum Gasteiger partial charge on any atom is 0.0544 e. The van der Waals surface area contributed by atoms with E-state index in [0.29, 0.717) is 0 Å². The predicted molar refractivity (Wildman–Crippen MR) is 236 cm³/mol. The Morgan fingerprint density at radius 2 is 1.02 bits per heavy atom. The molecule has 11 rings (SSSR count). The quantitative estimate of drug-likeness (QED) is 0.171. The smallest absolute Gasteiger partial charge is 0.0544 e. The van der Waals surface area contributed by atoms with Gasteiger partial charge in [0.05, 0.1) is 11.0 Å². The van der Waals surface area contributed by atoms with Crippen LogP contribution in [0, 0.1) is 5.41 Å². The lowest BCUT2D eigenvalue weighted by molar-refractivity contribution is 0.125. The van der Waals surface area contributed by atoms with Crippen LogP contribution in [0.1, 0.15) is 100 Å². The molecule has 0 amide bonds. The zero-order chi connectivity index (χ0) is 38.5. The van der Waals surface area contributed by atoms with E-state index in [0.717, 1.165) is 0 Å². The van der Waals surface area contributed by atoms with Crippen LogP contribution in [0.25, 0.3) is 60.9 Å². The summed E-state index contributed by atoms with van der Waals surface area (Å²) in [4.78, 5) is 0. The van der Waals surface area contributed by atoms with Crippen molar-refractivity contribution in [3.63, 3.8) is 0 Å². The lowest BCUT2D eigenvalue weighted by atomic mass is 9.59. The number of benzene rings is 7. The molecular formula is C55H49N. The number of fused-ring (bicyclic) bond motifs is 10. The van der Waals surface area contributed by atoms with Gasteiger partial charge in [-0.1, -0.05) is 152 Å². The fraction of sp³-hybridized carbons (Fsp3) is 0.236. The lowest BCUT2D eigenvalue weighted by Gasteiger charge is -2.44. The molecule has 0 spiro atoms. The Morgan fingerprint density at radius 3 is 1.77 bits per heavy atom. The molecule has 1 atom stereocenters. The van der Waals surface area contributed by atoms with E-state index in [4.69, 9.17) is 0 Å². The zero-order valence-corrected chi connectivity index (χ0v) is 33.9. The summed E-state index contributed by atoms with van der Waals surface area (Å²) in [5.74, 6) is 0.212. The minimum absolute atomic E-state index is 0.0391. The number of para-hydroxylation sites is 1. The molecule has 3 aliphatic rings. The number of rotatable bonds is 3. The summed E-state index contributed by atoms with van der Waals surface area (Å²) in [5.41, 5.74) is 21.9. The first-order valence-electron chi connectivity index (χ1n) is 20.5. The highest BCUT2D eigenvalue weighted by molar-refractivity contribution is 6.12. The van der Waals surface area contributed by atoms with Crippen LogP contribution in [-0.2, 0) is 16.2 Å². The Balaban J connectivity index is 1.13. The van der Waals surface area contributed by atoms with Gasteiger partial charge in [-0.05, 0) is 137 Å². The van der Waals surface area contributed by atoms with Crippen LogP contribution in [-0.4, -0.2) is 4.57 Å². The molecule has 1 aromatic heterocycles. The molecular weight excluding hydrogens is 675 g/mol.